The largest absolute Gasteiger partial charge is 0.466 e. The summed E-state index contributed by atoms with van der Waals surface area (Å²) in [7, 11) is 0. The van der Waals surface area contributed by atoms with E-state index in [0.29, 0.717) is 11.4 Å². The minimum Gasteiger partial charge on any atom is -0.466 e. The van der Waals surface area contributed by atoms with Gasteiger partial charge in [-0.2, -0.15) is 0 Å². The van der Waals surface area contributed by atoms with Gasteiger partial charge in [0.05, 0.1) is 12.5 Å². The molecule has 0 heterocycles. The van der Waals surface area contributed by atoms with E-state index in [-0.39, 0.29) is 11.9 Å². The predicted octanol–water partition coefficient (Wildman–Crippen LogP) is 2.75. The molecule has 0 saturated carbocycles. The van der Waals surface area contributed by atoms with E-state index in [1.807, 2.05) is 20.8 Å². The maximum atomic E-state index is 11.3. The van der Waals surface area contributed by atoms with Gasteiger partial charge in [-0.15, -0.1) is 0 Å². The Labute approximate surface area is 82.8 Å². The highest BCUT2D eigenvalue weighted by molar-refractivity contribution is 9.09. The molecule has 0 radical (unpaired) electrons. The molecule has 0 saturated heterocycles. The summed E-state index contributed by atoms with van der Waals surface area (Å²) in [5, 5.41) is 0. The SMILES string of the molecule is CCOC(=O)C(CC)CC(C)Br. The quantitative estimate of drug-likeness (QED) is 0.542. The number of carbonyl (C=O) groups is 1. The molecule has 0 spiro atoms. The Morgan fingerprint density at radius 2 is 2.08 bits per heavy atom. The molecular weight excluding hydrogens is 220 g/mol. The van der Waals surface area contributed by atoms with E-state index in [1.165, 1.54) is 0 Å². The number of esters is 1. The Balaban J connectivity index is 3.87. The average Bonchev–Trinajstić information content (AvgIpc) is 2.00. The van der Waals surface area contributed by atoms with Gasteiger partial charge in [0.1, 0.15) is 0 Å². The van der Waals surface area contributed by atoms with Gasteiger partial charge in [-0.05, 0) is 19.8 Å². The van der Waals surface area contributed by atoms with Crippen molar-refractivity contribution in [2.75, 3.05) is 6.61 Å². The maximum Gasteiger partial charge on any atom is 0.308 e. The minimum atomic E-state index is -0.0636. The molecule has 72 valence electrons. The molecule has 2 unspecified atom stereocenters. The second-order valence-electron chi connectivity index (χ2n) is 2.87. The Morgan fingerprint density at radius 3 is 2.42 bits per heavy atom. The Hall–Kier alpha value is -0.0500. The van der Waals surface area contributed by atoms with Crippen LogP contribution in [-0.2, 0) is 9.53 Å². The zero-order chi connectivity index (χ0) is 9.56. The summed E-state index contributed by atoms with van der Waals surface area (Å²) < 4.78 is 4.94. The van der Waals surface area contributed by atoms with E-state index >= 15 is 0 Å². The van der Waals surface area contributed by atoms with Gasteiger partial charge in [-0.25, -0.2) is 0 Å². The molecular formula is C9H17BrO2. The first-order valence-electron chi connectivity index (χ1n) is 4.42. The molecule has 12 heavy (non-hydrogen) atoms. The summed E-state index contributed by atoms with van der Waals surface area (Å²) in [6.45, 7) is 6.37. The van der Waals surface area contributed by atoms with E-state index in [1.54, 1.807) is 0 Å². The highest BCUT2D eigenvalue weighted by atomic mass is 79.9. The Kier molecular flexibility index (Phi) is 6.44. The van der Waals surface area contributed by atoms with Crippen LogP contribution < -0.4 is 0 Å². The van der Waals surface area contributed by atoms with Crippen molar-refractivity contribution in [2.45, 2.75) is 38.4 Å². The first-order valence-corrected chi connectivity index (χ1v) is 5.34. The van der Waals surface area contributed by atoms with Gasteiger partial charge < -0.3 is 4.74 Å². The summed E-state index contributed by atoms with van der Waals surface area (Å²) in [5.41, 5.74) is 0. The van der Waals surface area contributed by atoms with Gasteiger partial charge in [0.25, 0.3) is 0 Å². The molecule has 0 fully saturated rings. The van der Waals surface area contributed by atoms with Crippen molar-refractivity contribution < 1.29 is 9.53 Å². The fourth-order valence-electron chi connectivity index (χ4n) is 1.08. The van der Waals surface area contributed by atoms with Crippen LogP contribution in [0.5, 0.6) is 0 Å². The number of hydrogen-bond donors (Lipinski definition) is 0. The molecule has 0 amide bonds. The summed E-state index contributed by atoms with van der Waals surface area (Å²) in [4.78, 5) is 11.6. The lowest BCUT2D eigenvalue weighted by atomic mass is 10.0. The number of hydrogen-bond acceptors (Lipinski definition) is 2. The third-order valence-corrected chi connectivity index (χ3v) is 2.10. The summed E-state index contributed by atoms with van der Waals surface area (Å²) in [6.07, 6.45) is 1.71. The number of alkyl halides is 1. The molecule has 0 N–H and O–H groups in total. The molecule has 0 aromatic carbocycles. The van der Waals surface area contributed by atoms with E-state index in [2.05, 4.69) is 15.9 Å². The molecule has 0 aliphatic carbocycles. The van der Waals surface area contributed by atoms with Crippen molar-refractivity contribution in [3.8, 4) is 0 Å². The second-order valence-corrected chi connectivity index (χ2v) is 4.44. The van der Waals surface area contributed by atoms with Gasteiger partial charge in [0.2, 0.25) is 0 Å². The zero-order valence-electron chi connectivity index (χ0n) is 7.97. The third-order valence-electron chi connectivity index (χ3n) is 1.72. The lowest BCUT2D eigenvalue weighted by molar-refractivity contribution is -0.148. The van der Waals surface area contributed by atoms with E-state index in [9.17, 15) is 4.79 Å². The van der Waals surface area contributed by atoms with Crippen LogP contribution in [0.4, 0.5) is 0 Å². The van der Waals surface area contributed by atoms with E-state index in [4.69, 9.17) is 4.74 Å². The number of rotatable bonds is 5. The van der Waals surface area contributed by atoms with Crippen molar-refractivity contribution in [1.29, 1.82) is 0 Å². The minimum absolute atomic E-state index is 0.0549. The monoisotopic (exact) mass is 236 g/mol. The Bertz CT molecular complexity index is 134. The normalized spacial score (nSPS) is 15.3. The summed E-state index contributed by atoms with van der Waals surface area (Å²) in [5.74, 6) is -0.00868. The average molecular weight is 237 g/mol. The van der Waals surface area contributed by atoms with Crippen molar-refractivity contribution >= 4 is 21.9 Å². The zero-order valence-corrected chi connectivity index (χ0v) is 9.56. The number of halogens is 1. The molecule has 0 aromatic heterocycles. The van der Waals surface area contributed by atoms with E-state index in [0.717, 1.165) is 12.8 Å². The standard InChI is InChI=1S/C9H17BrO2/c1-4-8(6-7(3)10)9(11)12-5-2/h7-8H,4-6H2,1-3H3. The highest BCUT2D eigenvalue weighted by Gasteiger charge is 2.18. The molecule has 0 aromatic rings. The fraction of sp³-hybridized carbons (Fsp3) is 0.889. The van der Waals surface area contributed by atoms with Crippen LogP contribution in [0.15, 0.2) is 0 Å². The molecule has 0 rings (SSSR count). The van der Waals surface area contributed by atoms with Crippen LogP contribution in [0.2, 0.25) is 0 Å². The second kappa shape index (κ2) is 6.46. The van der Waals surface area contributed by atoms with Crippen molar-refractivity contribution in [3.05, 3.63) is 0 Å². The molecule has 0 aliphatic heterocycles. The van der Waals surface area contributed by atoms with Crippen LogP contribution in [0, 0.1) is 5.92 Å². The Morgan fingerprint density at radius 1 is 1.50 bits per heavy atom. The van der Waals surface area contributed by atoms with Crippen molar-refractivity contribution in [3.63, 3.8) is 0 Å². The number of ether oxygens (including phenoxy) is 1. The van der Waals surface area contributed by atoms with Crippen LogP contribution in [0.3, 0.4) is 0 Å². The molecule has 2 nitrogen and oxygen atoms in total. The van der Waals surface area contributed by atoms with E-state index < -0.39 is 0 Å². The number of carbonyl (C=O) groups excluding carboxylic acids is 1. The van der Waals surface area contributed by atoms with Gasteiger partial charge in [-0.1, -0.05) is 29.8 Å². The first kappa shape index (κ1) is 11.9. The predicted molar refractivity (Wildman–Crippen MR) is 53.4 cm³/mol. The van der Waals surface area contributed by atoms with Gasteiger partial charge >= 0.3 is 5.97 Å². The topological polar surface area (TPSA) is 26.3 Å². The van der Waals surface area contributed by atoms with Gasteiger partial charge in [-0.3, -0.25) is 4.79 Å². The molecule has 2 atom stereocenters. The van der Waals surface area contributed by atoms with Gasteiger partial charge in [0.15, 0.2) is 0 Å². The van der Waals surface area contributed by atoms with Crippen molar-refractivity contribution in [2.24, 2.45) is 5.92 Å². The fourth-order valence-corrected chi connectivity index (χ4v) is 1.53. The van der Waals surface area contributed by atoms with Crippen molar-refractivity contribution in [1.82, 2.24) is 0 Å². The summed E-state index contributed by atoms with van der Waals surface area (Å²) >= 11 is 3.43. The van der Waals surface area contributed by atoms with Crippen LogP contribution in [0.1, 0.15) is 33.6 Å². The van der Waals surface area contributed by atoms with Crippen LogP contribution in [0.25, 0.3) is 0 Å². The smallest absolute Gasteiger partial charge is 0.308 e. The molecule has 0 aliphatic rings. The van der Waals surface area contributed by atoms with Crippen LogP contribution >= 0.6 is 15.9 Å². The molecule has 0 bridgehead atoms. The lowest BCUT2D eigenvalue weighted by Crippen LogP contribution is -2.19. The summed E-state index contributed by atoms with van der Waals surface area (Å²) in [6, 6.07) is 0. The van der Waals surface area contributed by atoms with Crippen LogP contribution in [-0.4, -0.2) is 17.4 Å². The third kappa shape index (κ3) is 4.75. The highest BCUT2D eigenvalue weighted by Crippen LogP contribution is 2.17. The molecule has 3 heteroatoms. The first-order chi connectivity index (χ1) is 5.61. The lowest BCUT2D eigenvalue weighted by Gasteiger charge is -2.14. The van der Waals surface area contributed by atoms with Gasteiger partial charge in [0, 0.05) is 4.83 Å². The maximum absolute atomic E-state index is 11.3.